The number of halogens is 3. The molecule has 2 N–H and O–H groups in total. The lowest BCUT2D eigenvalue weighted by molar-refractivity contribution is 0.117. The lowest BCUT2D eigenvalue weighted by Crippen LogP contribution is -2.26. The average Bonchev–Trinajstić information content (AvgIpc) is 2.48. The fourth-order valence-electron chi connectivity index (χ4n) is 1.43. The van der Waals surface area contributed by atoms with Crippen molar-refractivity contribution in [1.82, 2.24) is 9.97 Å². The Labute approximate surface area is 128 Å². The second kappa shape index (κ2) is 7.28. The molecule has 8 heteroatoms. The number of hydrogen-bond donors (Lipinski definition) is 2. The first-order valence-corrected chi connectivity index (χ1v) is 6.81. The SMILES string of the molecule is OC(CNc1ncc(Br)cn1)COc1ccc(F)c(F)c1. The van der Waals surface area contributed by atoms with Gasteiger partial charge in [0.05, 0.1) is 4.47 Å². The smallest absolute Gasteiger partial charge is 0.222 e. The van der Waals surface area contributed by atoms with Gasteiger partial charge in [-0.2, -0.15) is 0 Å². The lowest BCUT2D eigenvalue weighted by atomic mass is 10.3. The highest BCUT2D eigenvalue weighted by Gasteiger charge is 2.08. The van der Waals surface area contributed by atoms with E-state index in [0.29, 0.717) is 5.95 Å². The molecule has 0 aliphatic heterocycles. The third kappa shape index (κ3) is 4.91. The number of rotatable bonds is 6. The first-order valence-electron chi connectivity index (χ1n) is 6.02. The van der Waals surface area contributed by atoms with E-state index in [-0.39, 0.29) is 18.9 Å². The highest BCUT2D eigenvalue weighted by atomic mass is 79.9. The predicted octanol–water partition coefficient (Wildman–Crippen LogP) is 2.37. The van der Waals surface area contributed by atoms with Crippen LogP contribution in [0.3, 0.4) is 0 Å². The summed E-state index contributed by atoms with van der Waals surface area (Å²) >= 11 is 3.21. The normalized spacial score (nSPS) is 12.0. The third-order valence-corrected chi connectivity index (χ3v) is 2.86. The van der Waals surface area contributed by atoms with Gasteiger partial charge in [0, 0.05) is 25.0 Å². The molecule has 0 amide bonds. The zero-order chi connectivity index (χ0) is 15.2. The summed E-state index contributed by atoms with van der Waals surface area (Å²) in [6.45, 7) is 0.0832. The summed E-state index contributed by atoms with van der Waals surface area (Å²) in [4.78, 5) is 7.96. The van der Waals surface area contributed by atoms with Gasteiger partial charge in [-0.3, -0.25) is 0 Å². The first-order chi connectivity index (χ1) is 10.0. The van der Waals surface area contributed by atoms with Gasteiger partial charge < -0.3 is 15.2 Å². The Morgan fingerprint density at radius 2 is 1.95 bits per heavy atom. The van der Waals surface area contributed by atoms with Crippen LogP contribution in [0.5, 0.6) is 5.75 Å². The van der Waals surface area contributed by atoms with E-state index in [1.54, 1.807) is 12.4 Å². The van der Waals surface area contributed by atoms with E-state index in [9.17, 15) is 13.9 Å². The van der Waals surface area contributed by atoms with Gasteiger partial charge in [-0.1, -0.05) is 0 Å². The second-order valence-corrected chi connectivity index (χ2v) is 5.06. The number of hydrogen-bond acceptors (Lipinski definition) is 5. The minimum Gasteiger partial charge on any atom is -0.491 e. The molecule has 0 bridgehead atoms. The third-order valence-electron chi connectivity index (χ3n) is 2.45. The number of ether oxygens (including phenoxy) is 1. The van der Waals surface area contributed by atoms with Crippen molar-refractivity contribution in [3.63, 3.8) is 0 Å². The van der Waals surface area contributed by atoms with Crippen LogP contribution in [0.1, 0.15) is 0 Å². The summed E-state index contributed by atoms with van der Waals surface area (Å²) < 4.78 is 31.6. The summed E-state index contributed by atoms with van der Waals surface area (Å²) in [7, 11) is 0. The zero-order valence-electron chi connectivity index (χ0n) is 10.8. The largest absolute Gasteiger partial charge is 0.491 e. The van der Waals surface area contributed by atoms with Crippen LogP contribution in [0.15, 0.2) is 35.1 Å². The van der Waals surface area contributed by atoms with Crippen molar-refractivity contribution in [2.75, 3.05) is 18.5 Å². The van der Waals surface area contributed by atoms with Gasteiger partial charge in [0.1, 0.15) is 18.5 Å². The molecule has 2 aromatic rings. The summed E-state index contributed by atoms with van der Waals surface area (Å²) in [5, 5.41) is 12.6. The Morgan fingerprint density at radius 3 is 2.62 bits per heavy atom. The first kappa shape index (κ1) is 15.6. The molecule has 0 saturated heterocycles. The molecule has 1 heterocycles. The van der Waals surface area contributed by atoms with Crippen molar-refractivity contribution in [3.05, 3.63) is 46.7 Å². The Morgan fingerprint density at radius 1 is 1.24 bits per heavy atom. The quantitative estimate of drug-likeness (QED) is 0.828. The minimum absolute atomic E-state index is 0.0748. The van der Waals surface area contributed by atoms with Gasteiger partial charge in [-0.25, -0.2) is 18.7 Å². The maximum Gasteiger partial charge on any atom is 0.222 e. The molecule has 21 heavy (non-hydrogen) atoms. The maximum atomic E-state index is 13.0. The van der Waals surface area contributed by atoms with E-state index in [1.165, 1.54) is 6.07 Å². The van der Waals surface area contributed by atoms with Crippen molar-refractivity contribution in [2.24, 2.45) is 0 Å². The van der Waals surface area contributed by atoms with Gasteiger partial charge in [-0.05, 0) is 28.1 Å². The molecule has 2 rings (SSSR count). The number of nitrogens with one attached hydrogen (secondary N) is 1. The molecule has 1 aromatic heterocycles. The van der Waals surface area contributed by atoms with Crippen molar-refractivity contribution in [3.8, 4) is 5.75 Å². The lowest BCUT2D eigenvalue weighted by Gasteiger charge is -2.13. The standard InChI is InChI=1S/C13H12BrF2N3O2/c14-8-4-17-13(18-5-8)19-6-9(20)7-21-10-1-2-11(15)12(16)3-10/h1-5,9,20H,6-7H2,(H,17,18,19). The molecule has 0 saturated carbocycles. The van der Waals surface area contributed by atoms with E-state index >= 15 is 0 Å². The number of aliphatic hydroxyl groups excluding tert-OH is 1. The Bertz CT molecular complexity index is 598. The van der Waals surface area contributed by atoms with Crippen LogP contribution < -0.4 is 10.1 Å². The van der Waals surface area contributed by atoms with Crippen LogP contribution in [0.2, 0.25) is 0 Å². The summed E-state index contributed by atoms with van der Waals surface area (Å²) in [5.74, 6) is -1.43. The summed E-state index contributed by atoms with van der Waals surface area (Å²) in [6.07, 6.45) is 2.28. The van der Waals surface area contributed by atoms with Crippen LogP contribution in [-0.2, 0) is 0 Å². The predicted molar refractivity (Wildman–Crippen MR) is 76.1 cm³/mol. The summed E-state index contributed by atoms with van der Waals surface area (Å²) in [6, 6.07) is 3.18. The van der Waals surface area contributed by atoms with Gasteiger partial charge in [0.15, 0.2) is 11.6 Å². The number of aromatic nitrogens is 2. The molecule has 1 unspecified atom stereocenters. The molecule has 0 radical (unpaired) electrons. The van der Waals surface area contributed by atoms with Gasteiger partial charge in [0.2, 0.25) is 5.95 Å². The van der Waals surface area contributed by atoms with E-state index in [4.69, 9.17) is 4.74 Å². The minimum atomic E-state index is -0.997. The Balaban J connectivity index is 1.77. The van der Waals surface area contributed by atoms with E-state index in [2.05, 4.69) is 31.2 Å². The monoisotopic (exact) mass is 359 g/mol. The van der Waals surface area contributed by atoms with Gasteiger partial charge >= 0.3 is 0 Å². The zero-order valence-corrected chi connectivity index (χ0v) is 12.3. The highest BCUT2D eigenvalue weighted by Crippen LogP contribution is 2.15. The molecular weight excluding hydrogens is 348 g/mol. The molecule has 0 aliphatic rings. The number of aliphatic hydroxyl groups is 1. The Kier molecular flexibility index (Phi) is 5.40. The van der Waals surface area contributed by atoms with Gasteiger partial charge in [0.25, 0.3) is 0 Å². The molecule has 0 aliphatic carbocycles. The fraction of sp³-hybridized carbons (Fsp3) is 0.231. The van der Waals surface area contributed by atoms with Crippen LogP contribution in [0, 0.1) is 11.6 Å². The number of nitrogens with zero attached hydrogens (tertiary/aromatic N) is 2. The molecule has 5 nitrogen and oxygen atoms in total. The van der Waals surface area contributed by atoms with E-state index in [1.807, 2.05) is 0 Å². The van der Waals surface area contributed by atoms with Crippen LogP contribution in [-0.4, -0.2) is 34.3 Å². The van der Waals surface area contributed by atoms with Gasteiger partial charge in [-0.15, -0.1) is 0 Å². The van der Waals surface area contributed by atoms with E-state index < -0.39 is 17.7 Å². The molecular formula is C13H12BrF2N3O2. The van der Waals surface area contributed by atoms with Crippen molar-refractivity contribution < 1.29 is 18.6 Å². The number of anilines is 1. The number of benzene rings is 1. The maximum absolute atomic E-state index is 13.0. The average molecular weight is 360 g/mol. The van der Waals surface area contributed by atoms with Crippen LogP contribution in [0.4, 0.5) is 14.7 Å². The Hall–Kier alpha value is -1.80. The van der Waals surface area contributed by atoms with Crippen LogP contribution in [0.25, 0.3) is 0 Å². The molecule has 1 atom stereocenters. The highest BCUT2D eigenvalue weighted by molar-refractivity contribution is 9.10. The molecule has 0 fully saturated rings. The topological polar surface area (TPSA) is 67.3 Å². The molecule has 1 aromatic carbocycles. The molecule has 112 valence electrons. The fourth-order valence-corrected chi connectivity index (χ4v) is 1.64. The van der Waals surface area contributed by atoms with Crippen molar-refractivity contribution in [2.45, 2.75) is 6.10 Å². The second-order valence-electron chi connectivity index (χ2n) is 4.15. The van der Waals surface area contributed by atoms with Crippen LogP contribution >= 0.6 is 15.9 Å². The van der Waals surface area contributed by atoms with Crippen molar-refractivity contribution >= 4 is 21.9 Å². The van der Waals surface area contributed by atoms with Crippen molar-refractivity contribution in [1.29, 1.82) is 0 Å². The van der Waals surface area contributed by atoms with E-state index in [0.717, 1.165) is 16.6 Å². The summed E-state index contributed by atoms with van der Waals surface area (Å²) in [5.41, 5.74) is 0. The molecule has 0 spiro atoms.